The molecule has 0 saturated carbocycles. The van der Waals surface area contributed by atoms with Crippen LogP contribution < -0.4 is 17.2 Å². The number of aryl methyl sites for hydroxylation is 1. The zero-order chi connectivity index (χ0) is 22.4. The second kappa shape index (κ2) is 9.97. The molecule has 3 amide bonds. The highest BCUT2D eigenvalue weighted by atomic mass is 16.2. The number of carbonyl (C=O) groups excluding carboxylic acids is 3. The van der Waals surface area contributed by atoms with Crippen molar-refractivity contribution in [3.8, 4) is 0 Å². The fourth-order valence-electron chi connectivity index (χ4n) is 2.56. The Bertz CT molecular complexity index is 844. The maximum atomic E-state index is 10.9. The third-order valence-electron chi connectivity index (χ3n) is 3.71. The Kier molecular flexibility index (Phi) is 8.26. The molecule has 10 nitrogen and oxygen atoms in total. The summed E-state index contributed by atoms with van der Waals surface area (Å²) in [5.74, 6) is -0.952. The van der Waals surface area contributed by atoms with Gasteiger partial charge in [-0.2, -0.15) is 5.10 Å². The van der Waals surface area contributed by atoms with Crippen LogP contribution in [-0.4, -0.2) is 55.3 Å². The van der Waals surface area contributed by atoms with Crippen LogP contribution in [0.1, 0.15) is 56.6 Å². The molecule has 3 heterocycles. The Hall–Kier alpha value is -3.01. The predicted molar refractivity (Wildman–Crippen MR) is 110 cm³/mol. The van der Waals surface area contributed by atoms with Crippen LogP contribution in [0.25, 0.3) is 5.65 Å². The van der Waals surface area contributed by atoms with Gasteiger partial charge in [-0.3, -0.25) is 14.4 Å². The molecule has 0 spiro atoms. The van der Waals surface area contributed by atoms with E-state index >= 15 is 0 Å². The number of hydrogen-bond acceptors (Lipinski definition) is 6. The highest BCUT2D eigenvalue weighted by molar-refractivity contribution is 5.92. The lowest BCUT2D eigenvalue weighted by molar-refractivity contribution is -0.135. The molecule has 0 bridgehead atoms. The van der Waals surface area contributed by atoms with E-state index in [0.717, 1.165) is 18.5 Å². The molecule has 0 aliphatic carbocycles. The molecule has 3 rings (SSSR count). The van der Waals surface area contributed by atoms with E-state index in [1.54, 1.807) is 6.20 Å². The van der Waals surface area contributed by atoms with Gasteiger partial charge >= 0.3 is 0 Å². The lowest BCUT2D eigenvalue weighted by atomic mass is 10.1. The minimum absolute atomic E-state index is 0. The van der Waals surface area contributed by atoms with Gasteiger partial charge in [0.15, 0.2) is 5.65 Å². The van der Waals surface area contributed by atoms with Crippen molar-refractivity contribution in [2.75, 3.05) is 6.54 Å². The smallest absolute Gasteiger partial charge is 0.251 e. The number of nitrogens with zero attached hydrogens (tertiary/aromatic N) is 4. The van der Waals surface area contributed by atoms with Crippen LogP contribution in [0.15, 0.2) is 18.5 Å². The Morgan fingerprint density at radius 3 is 2.24 bits per heavy atom. The quantitative estimate of drug-likeness (QED) is 0.653. The number of fused-ring (bicyclic) bond motifs is 1. The summed E-state index contributed by atoms with van der Waals surface area (Å²) in [6.07, 6.45) is 4.61. The van der Waals surface area contributed by atoms with Crippen LogP contribution >= 0.6 is 0 Å². The zero-order valence-electron chi connectivity index (χ0n) is 17.7. The fraction of sp³-hybridized carbons (Fsp3) is 0.526. The third kappa shape index (κ3) is 8.26. The Morgan fingerprint density at radius 2 is 1.79 bits per heavy atom. The average Bonchev–Trinajstić information content (AvgIpc) is 3.18. The first kappa shape index (κ1) is 24.0. The Morgan fingerprint density at radius 1 is 1.21 bits per heavy atom. The number of nitrogens with two attached hydrogens (primary N) is 3. The molecule has 6 N–H and O–H groups in total. The fourth-order valence-corrected chi connectivity index (χ4v) is 2.56. The highest BCUT2D eigenvalue weighted by Gasteiger charge is 2.30. The maximum Gasteiger partial charge on any atom is 0.251 e. The van der Waals surface area contributed by atoms with Crippen LogP contribution in [0, 0.1) is 6.92 Å². The lowest BCUT2D eigenvalue weighted by Gasteiger charge is -2.19. The highest BCUT2D eigenvalue weighted by Crippen LogP contribution is 2.16. The van der Waals surface area contributed by atoms with Gasteiger partial charge in [0.25, 0.3) is 5.91 Å². The molecule has 0 radical (unpaired) electrons. The van der Waals surface area contributed by atoms with E-state index in [4.69, 9.17) is 17.2 Å². The van der Waals surface area contributed by atoms with Crippen LogP contribution in [0.3, 0.4) is 0 Å². The van der Waals surface area contributed by atoms with Crippen molar-refractivity contribution in [3.63, 3.8) is 0 Å². The first-order valence-corrected chi connectivity index (χ1v) is 9.27. The molecule has 2 aromatic rings. The summed E-state index contributed by atoms with van der Waals surface area (Å²) in [4.78, 5) is 38.0. The second-order valence-electron chi connectivity index (χ2n) is 7.93. The van der Waals surface area contributed by atoms with E-state index in [9.17, 15) is 14.4 Å². The van der Waals surface area contributed by atoms with Gasteiger partial charge in [0.1, 0.15) is 6.04 Å². The molecule has 10 heteroatoms. The maximum absolute atomic E-state index is 10.9. The number of primary amides is 2. The molecule has 0 aromatic carbocycles. The van der Waals surface area contributed by atoms with E-state index in [1.165, 1.54) is 22.5 Å². The van der Waals surface area contributed by atoms with E-state index in [-0.39, 0.29) is 17.5 Å². The molecular formula is C19H31N7O3. The summed E-state index contributed by atoms with van der Waals surface area (Å²) >= 11 is 0. The Labute approximate surface area is 170 Å². The number of amides is 3. The van der Waals surface area contributed by atoms with Crippen LogP contribution in [0.5, 0.6) is 0 Å². The van der Waals surface area contributed by atoms with Gasteiger partial charge in [0, 0.05) is 37.5 Å². The van der Waals surface area contributed by atoms with Crippen molar-refractivity contribution < 1.29 is 14.4 Å². The third-order valence-corrected chi connectivity index (χ3v) is 3.71. The monoisotopic (exact) mass is 405 g/mol. The average molecular weight is 406 g/mol. The SMILES string of the molecule is CC(=O)N1CCCC1C(N)=O.CC(C)(C)N.Cc1cc2ncc(C(N)=O)cn2n1. The summed E-state index contributed by atoms with van der Waals surface area (Å²) in [6, 6.07) is 1.47. The van der Waals surface area contributed by atoms with Gasteiger partial charge in [-0.05, 0) is 40.5 Å². The summed E-state index contributed by atoms with van der Waals surface area (Å²) < 4.78 is 1.54. The zero-order valence-corrected chi connectivity index (χ0v) is 17.7. The molecule has 1 atom stereocenters. The van der Waals surface area contributed by atoms with Gasteiger partial charge in [0.05, 0.1) is 11.3 Å². The molecule has 1 saturated heterocycles. The van der Waals surface area contributed by atoms with E-state index < -0.39 is 11.8 Å². The van der Waals surface area contributed by atoms with Crippen LogP contribution in [0.2, 0.25) is 0 Å². The van der Waals surface area contributed by atoms with Gasteiger partial charge in [0.2, 0.25) is 11.8 Å². The van der Waals surface area contributed by atoms with Crippen molar-refractivity contribution in [3.05, 3.63) is 29.7 Å². The van der Waals surface area contributed by atoms with Crippen LogP contribution in [-0.2, 0) is 9.59 Å². The molecule has 1 fully saturated rings. The lowest BCUT2D eigenvalue weighted by Crippen LogP contribution is -2.42. The predicted octanol–water partition coefficient (Wildman–Crippen LogP) is 0.363. The van der Waals surface area contributed by atoms with E-state index in [2.05, 4.69) is 10.1 Å². The summed E-state index contributed by atoms with van der Waals surface area (Å²) in [5.41, 5.74) is 17.5. The largest absolute Gasteiger partial charge is 0.368 e. The first-order chi connectivity index (χ1) is 13.3. The van der Waals surface area contributed by atoms with Crippen molar-refractivity contribution in [2.45, 2.75) is 59.0 Å². The molecule has 160 valence electrons. The summed E-state index contributed by atoms with van der Waals surface area (Å²) in [6.45, 7) is 9.88. The van der Waals surface area contributed by atoms with Gasteiger partial charge in [-0.25, -0.2) is 9.50 Å². The van der Waals surface area contributed by atoms with Gasteiger partial charge in [-0.1, -0.05) is 0 Å². The minimum Gasteiger partial charge on any atom is -0.368 e. The molecule has 2 aromatic heterocycles. The summed E-state index contributed by atoms with van der Waals surface area (Å²) in [7, 11) is 0. The van der Waals surface area contributed by atoms with Gasteiger partial charge < -0.3 is 22.1 Å². The molecule has 1 unspecified atom stereocenters. The number of carbonyl (C=O) groups is 3. The summed E-state index contributed by atoms with van der Waals surface area (Å²) in [5, 5.41) is 4.10. The number of aromatic nitrogens is 3. The number of hydrogen-bond donors (Lipinski definition) is 3. The standard InChI is InChI=1S/C8H8N4O.C7H12N2O2.C4H11N/c1-5-2-7-10-3-6(8(9)13)4-12(7)11-5;1-5(10)9-4-2-3-6(9)7(8)11;1-4(2,3)5/h2-4H,1H3,(H2,9,13);6H,2-4H2,1H3,(H2,8,11);5H2,1-3H3. The normalized spacial score (nSPS) is 15.8. The van der Waals surface area contributed by atoms with Gasteiger partial charge in [-0.15, -0.1) is 0 Å². The molecule has 29 heavy (non-hydrogen) atoms. The number of likely N-dealkylation sites (tertiary alicyclic amines) is 1. The molecule has 1 aliphatic heterocycles. The van der Waals surface area contributed by atoms with Crippen LogP contribution in [0.4, 0.5) is 0 Å². The Balaban J connectivity index is 0.000000240. The minimum atomic E-state index is -0.498. The van der Waals surface area contributed by atoms with E-state index in [0.29, 0.717) is 17.8 Å². The number of rotatable bonds is 2. The topological polar surface area (TPSA) is 163 Å². The molecule has 1 aliphatic rings. The van der Waals surface area contributed by atoms with E-state index in [1.807, 2.05) is 33.8 Å². The second-order valence-corrected chi connectivity index (χ2v) is 7.93. The van der Waals surface area contributed by atoms with Crippen molar-refractivity contribution in [2.24, 2.45) is 17.2 Å². The molecular weight excluding hydrogens is 374 g/mol. The van der Waals surface area contributed by atoms with Crippen molar-refractivity contribution in [1.29, 1.82) is 0 Å². The van der Waals surface area contributed by atoms with Crippen molar-refractivity contribution in [1.82, 2.24) is 19.5 Å². The first-order valence-electron chi connectivity index (χ1n) is 9.27. The van der Waals surface area contributed by atoms with Crippen molar-refractivity contribution >= 4 is 23.4 Å².